The summed E-state index contributed by atoms with van der Waals surface area (Å²) >= 11 is 0. The van der Waals surface area contributed by atoms with Gasteiger partial charge in [-0.25, -0.2) is 0 Å². The molecule has 3 nitrogen and oxygen atoms in total. The van der Waals surface area contributed by atoms with Gasteiger partial charge in [0.25, 0.3) is 0 Å². The number of nitrogens with zero attached hydrogens (tertiary/aromatic N) is 1. The lowest BCUT2D eigenvalue weighted by atomic mass is 10.0. The lowest BCUT2D eigenvalue weighted by molar-refractivity contribution is 0.208. The molecule has 0 unspecified atom stereocenters. The third kappa shape index (κ3) is 8.39. The molecule has 0 spiro atoms. The summed E-state index contributed by atoms with van der Waals surface area (Å²) in [5.74, 6) is 0.949. The minimum Gasteiger partial charge on any atom is -0.499 e. The summed E-state index contributed by atoms with van der Waals surface area (Å²) in [6.45, 7) is 19.5. The average molecular weight is 282 g/mol. The Morgan fingerprint density at radius 3 is 2.40 bits per heavy atom. The van der Waals surface area contributed by atoms with E-state index < -0.39 is 0 Å². The topological polar surface area (TPSA) is 24.5 Å². The van der Waals surface area contributed by atoms with Crippen LogP contribution < -0.4 is 5.32 Å². The minimum absolute atomic E-state index is 0.644. The molecule has 0 aliphatic carbocycles. The number of hydrogen-bond acceptors (Lipinski definition) is 3. The van der Waals surface area contributed by atoms with Crippen molar-refractivity contribution in [3.8, 4) is 0 Å². The van der Waals surface area contributed by atoms with Gasteiger partial charge in [-0.05, 0) is 58.0 Å². The number of nitrogens with one attached hydrogen (secondary N) is 1. The second kappa shape index (κ2) is 12.0. The monoisotopic (exact) mass is 282 g/mol. The summed E-state index contributed by atoms with van der Waals surface area (Å²) in [7, 11) is 0. The molecule has 1 N–H and O–H groups in total. The van der Waals surface area contributed by atoms with Crippen LogP contribution >= 0.6 is 0 Å². The molecule has 3 heteroatoms. The van der Waals surface area contributed by atoms with Crippen LogP contribution in [0.5, 0.6) is 0 Å². The van der Waals surface area contributed by atoms with Crippen LogP contribution in [-0.4, -0.2) is 43.7 Å². The smallest absolute Gasteiger partial charge is 0.0931 e. The molecule has 118 valence electrons. The zero-order chi connectivity index (χ0) is 15.4. The molecule has 1 heterocycles. The van der Waals surface area contributed by atoms with Crippen molar-refractivity contribution in [1.29, 1.82) is 0 Å². The Balaban J connectivity index is 0.00000172. The molecule has 0 aromatic heterocycles. The minimum atomic E-state index is 0.644. The summed E-state index contributed by atoms with van der Waals surface area (Å²) in [6, 6.07) is 0.644. The second-order valence-corrected chi connectivity index (χ2v) is 4.94. The Morgan fingerprint density at radius 2 is 1.90 bits per heavy atom. The van der Waals surface area contributed by atoms with E-state index >= 15 is 0 Å². The predicted molar refractivity (Wildman–Crippen MR) is 89.0 cm³/mol. The molecule has 1 fully saturated rings. The second-order valence-electron chi connectivity index (χ2n) is 4.94. The number of rotatable bonds is 7. The van der Waals surface area contributed by atoms with E-state index in [2.05, 4.69) is 23.7 Å². The fourth-order valence-electron chi connectivity index (χ4n) is 2.34. The summed E-state index contributed by atoms with van der Waals surface area (Å²) < 4.78 is 5.40. The van der Waals surface area contributed by atoms with Crippen molar-refractivity contribution in [2.24, 2.45) is 0 Å². The van der Waals surface area contributed by atoms with Gasteiger partial charge in [0.2, 0.25) is 0 Å². The lowest BCUT2D eigenvalue weighted by Crippen LogP contribution is -2.42. The van der Waals surface area contributed by atoms with Gasteiger partial charge in [0.05, 0.1) is 12.4 Å². The summed E-state index contributed by atoms with van der Waals surface area (Å²) in [5.41, 5.74) is 1.10. The van der Waals surface area contributed by atoms with E-state index in [0.29, 0.717) is 6.04 Å². The molecule has 0 atom stereocenters. The lowest BCUT2D eigenvalue weighted by Gasteiger charge is -2.31. The van der Waals surface area contributed by atoms with E-state index in [-0.39, 0.29) is 0 Å². The summed E-state index contributed by atoms with van der Waals surface area (Å²) in [6.07, 6.45) is 4.52. The summed E-state index contributed by atoms with van der Waals surface area (Å²) in [4.78, 5) is 2.51. The van der Waals surface area contributed by atoms with Crippen LogP contribution in [-0.2, 0) is 4.74 Å². The van der Waals surface area contributed by atoms with Gasteiger partial charge in [-0.3, -0.25) is 0 Å². The Morgan fingerprint density at radius 1 is 1.30 bits per heavy atom. The van der Waals surface area contributed by atoms with E-state index in [1.165, 1.54) is 32.5 Å². The number of piperidine rings is 1. The van der Waals surface area contributed by atoms with Crippen LogP contribution in [0.4, 0.5) is 0 Å². The van der Waals surface area contributed by atoms with E-state index in [9.17, 15) is 0 Å². The standard InChI is InChI=1S/C15H28N2O.C2H6/c1-5-17-9-7-15(8-10-17)16-12-13(3)11-14(4)18-6-2;1-2/h11,15-16H,3,5-10,12H2,1-2,4H3;1-2H3/b14-11+;. The van der Waals surface area contributed by atoms with Crippen molar-refractivity contribution in [1.82, 2.24) is 10.2 Å². The highest BCUT2D eigenvalue weighted by Gasteiger charge is 2.17. The molecule has 0 saturated carbocycles. The van der Waals surface area contributed by atoms with Gasteiger partial charge in [-0.1, -0.05) is 27.4 Å². The first-order valence-corrected chi connectivity index (χ1v) is 8.10. The Kier molecular flexibility index (Phi) is 11.5. The molecule has 20 heavy (non-hydrogen) atoms. The summed E-state index contributed by atoms with van der Waals surface area (Å²) in [5, 5.41) is 3.59. The van der Waals surface area contributed by atoms with Gasteiger partial charge in [0.15, 0.2) is 0 Å². The Labute approximate surface area is 126 Å². The molecule has 0 amide bonds. The molecule has 1 saturated heterocycles. The van der Waals surface area contributed by atoms with Crippen molar-refractivity contribution in [3.63, 3.8) is 0 Å². The van der Waals surface area contributed by atoms with Crippen LogP contribution in [0.25, 0.3) is 0 Å². The van der Waals surface area contributed by atoms with Crippen molar-refractivity contribution < 1.29 is 4.74 Å². The maximum atomic E-state index is 5.40. The molecule has 1 rings (SSSR count). The highest BCUT2D eigenvalue weighted by atomic mass is 16.5. The Bertz CT molecular complexity index is 279. The van der Waals surface area contributed by atoms with Crippen molar-refractivity contribution >= 4 is 0 Å². The molecule has 0 radical (unpaired) electrons. The first-order chi connectivity index (χ1) is 9.65. The van der Waals surface area contributed by atoms with E-state index in [0.717, 1.165) is 24.5 Å². The maximum absolute atomic E-state index is 5.40. The van der Waals surface area contributed by atoms with Gasteiger partial charge in [0, 0.05) is 12.6 Å². The highest BCUT2D eigenvalue weighted by molar-refractivity contribution is 5.18. The van der Waals surface area contributed by atoms with Crippen molar-refractivity contribution in [2.75, 3.05) is 32.8 Å². The van der Waals surface area contributed by atoms with Gasteiger partial charge in [-0.2, -0.15) is 0 Å². The van der Waals surface area contributed by atoms with Crippen LogP contribution in [0, 0.1) is 0 Å². The fourth-order valence-corrected chi connectivity index (χ4v) is 2.34. The normalized spacial score (nSPS) is 17.4. The molecule has 1 aliphatic heterocycles. The molecule has 1 aliphatic rings. The largest absolute Gasteiger partial charge is 0.499 e. The van der Waals surface area contributed by atoms with Gasteiger partial charge in [-0.15, -0.1) is 0 Å². The average Bonchev–Trinajstić information content (AvgIpc) is 2.48. The van der Waals surface area contributed by atoms with Crippen LogP contribution in [0.2, 0.25) is 0 Å². The van der Waals surface area contributed by atoms with E-state index in [1.807, 2.05) is 33.8 Å². The quantitative estimate of drug-likeness (QED) is 0.570. The molecular formula is C17H34N2O. The van der Waals surface area contributed by atoms with Gasteiger partial charge >= 0.3 is 0 Å². The number of likely N-dealkylation sites (tertiary alicyclic amines) is 1. The molecule has 0 aromatic carbocycles. The van der Waals surface area contributed by atoms with Crippen LogP contribution in [0.1, 0.15) is 47.5 Å². The van der Waals surface area contributed by atoms with E-state index in [4.69, 9.17) is 4.74 Å². The predicted octanol–water partition coefficient (Wildman–Crippen LogP) is 3.58. The maximum Gasteiger partial charge on any atom is 0.0931 e. The fraction of sp³-hybridized carbons (Fsp3) is 0.765. The third-order valence-corrected chi connectivity index (χ3v) is 3.43. The van der Waals surface area contributed by atoms with Crippen molar-refractivity contribution in [3.05, 3.63) is 24.0 Å². The van der Waals surface area contributed by atoms with Gasteiger partial charge in [0.1, 0.15) is 0 Å². The zero-order valence-corrected chi connectivity index (χ0v) is 14.2. The zero-order valence-electron chi connectivity index (χ0n) is 14.2. The molecule has 0 bridgehead atoms. The highest BCUT2D eigenvalue weighted by Crippen LogP contribution is 2.10. The first-order valence-electron chi connectivity index (χ1n) is 8.10. The molecule has 0 aromatic rings. The van der Waals surface area contributed by atoms with Crippen LogP contribution in [0.3, 0.4) is 0 Å². The van der Waals surface area contributed by atoms with E-state index in [1.54, 1.807) is 0 Å². The SMILES string of the molecule is C=C(/C=C(\C)OCC)CNC1CCN(CC)CC1.CC. The van der Waals surface area contributed by atoms with Crippen LogP contribution in [0.15, 0.2) is 24.0 Å². The Hall–Kier alpha value is -0.800. The number of hydrogen-bond donors (Lipinski definition) is 1. The van der Waals surface area contributed by atoms with Crippen molar-refractivity contribution in [2.45, 2.75) is 53.5 Å². The third-order valence-electron chi connectivity index (χ3n) is 3.43. The number of allylic oxidation sites excluding steroid dienone is 1. The number of ether oxygens (including phenoxy) is 1. The first kappa shape index (κ1) is 19.2. The van der Waals surface area contributed by atoms with Gasteiger partial charge < -0.3 is 15.0 Å². The molecular weight excluding hydrogens is 248 g/mol.